The summed E-state index contributed by atoms with van der Waals surface area (Å²) in [5, 5.41) is 0. The first kappa shape index (κ1) is 5.83. The summed E-state index contributed by atoms with van der Waals surface area (Å²) in [6.45, 7) is 9.79. The van der Waals surface area contributed by atoms with E-state index in [4.69, 9.17) is 4.74 Å². The third kappa shape index (κ3) is 0.781. The maximum atomic E-state index is 5.17. The fourth-order valence-corrected chi connectivity index (χ4v) is 0.727. The molecule has 0 N–H and O–H groups in total. The van der Waals surface area contributed by atoms with Crippen molar-refractivity contribution in [2.75, 3.05) is 13.2 Å². The van der Waals surface area contributed by atoms with Crippen LogP contribution in [0.15, 0.2) is 12.2 Å². The second-order valence-corrected chi connectivity index (χ2v) is 2.98. The number of ether oxygens (including phenoxy) is 1. The molecule has 0 amide bonds. The summed E-state index contributed by atoms with van der Waals surface area (Å²) in [6, 6.07) is 0. The van der Waals surface area contributed by atoms with Gasteiger partial charge in [0.2, 0.25) is 0 Å². The topological polar surface area (TPSA) is 9.23 Å². The van der Waals surface area contributed by atoms with Crippen LogP contribution in [-0.4, -0.2) is 13.2 Å². The molecule has 0 spiro atoms. The van der Waals surface area contributed by atoms with Crippen molar-refractivity contribution in [1.82, 2.24) is 0 Å². The largest absolute Gasteiger partial charge is 0.376 e. The first-order valence-electron chi connectivity index (χ1n) is 2.89. The Labute approximate surface area is 50.3 Å². The van der Waals surface area contributed by atoms with E-state index in [-0.39, 0.29) is 5.41 Å². The zero-order valence-corrected chi connectivity index (χ0v) is 5.53. The molecule has 1 fully saturated rings. The van der Waals surface area contributed by atoms with Gasteiger partial charge in [0.15, 0.2) is 0 Å². The molecule has 0 aromatic heterocycles. The number of rotatable bonds is 0. The quantitative estimate of drug-likeness (QED) is 0.432. The fraction of sp³-hybridized carbons (Fsp3) is 0.714. The summed E-state index contributed by atoms with van der Waals surface area (Å²) in [5.74, 6) is 0. The lowest BCUT2D eigenvalue weighted by atomic mass is 9.89. The number of hydrogen-bond acceptors (Lipinski definition) is 1. The van der Waals surface area contributed by atoms with Gasteiger partial charge >= 0.3 is 0 Å². The lowest BCUT2D eigenvalue weighted by molar-refractivity contribution is 0.167. The Hall–Kier alpha value is -0.300. The zero-order valence-electron chi connectivity index (χ0n) is 5.53. The summed E-state index contributed by atoms with van der Waals surface area (Å²) in [5.41, 5.74) is 1.46. The van der Waals surface area contributed by atoms with Crippen LogP contribution in [0.25, 0.3) is 0 Å². The molecular weight excluding hydrogens is 100 g/mol. The van der Waals surface area contributed by atoms with Gasteiger partial charge in [0.1, 0.15) is 0 Å². The summed E-state index contributed by atoms with van der Waals surface area (Å²) in [4.78, 5) is 0. The summed E-state index contributed by atoms with van der Waals surface area (Å²) in [7, 11) is 0. The van der Waals surface area contributed by atoms with Crippen molar-refractivity contribution in [3.63, 3.8) is 0 Å². The molecular formula is C7H12O. The predicted molar refractivity (Wildman–Crippen MR) is 33.7 cm³/mol. The van der Waals surface area contributed by atoms with Crippen molar-refractivity contribution in [3.05, 3.63) is 12.2 Å². The molecule has 0 aliphatic carbocycles. The lowest BCUT2D eigenvalue weighted by Gasteiger charge is -2.14. The van der Waals surface area contributed by atoms with Gasteiger partial charge in [-0.25, -0.2) is 0 Å². The van der Waals surface area contributed by atoms with E-state index in [0.29, 0.717) is 0 Å². The number of hydrogen-bond donors (Lipinski definition) is 0. The first-order chi connectivity index (χ1) is 3.63. The Balaban J connectivity index is 2.68. The lowest BCUT2D eigenvalue weighted by Crippen LogP contribution is -2.11. The van der Waals surface area contributed by atoms with Crippen LogP contribution in [0.4, 0.5) is 0 Å². The molecule has 1 saturated heterocycles. The van der Waals surface area contributed by atoms with Crippen molar-refractivity contribution >= 4 is 0 Å². The molecule has 0 unspecified atom stereocenters. The van der Waals surface area contributed by atoms with Crippen LogP contribution in [0.5, 0.6) is 0 Å². The van der Waals surface area contributed by atoms with E-state index in [1.165, 1.54) is 5.57 Å². The molecule has 1 aliphatic rings. The molecule has 1 rings (SSSR count). The van der Waals surface area contributed by atoms with Crippen molar-refractivity contribution in [3.8, 4) is 0 Å². The molecule has 0 radical (unpaired) electrons. The highest BCUT2D eigenvalue weighted by Crippen LogP contribution is 2.30. The van der Waals surface area contributed by atoms with Crippen molar-refractivity contribution in [1.29, 1.82) is 0 Å². The van der Waals surface area contributed by atoms with E-state index in [0.717, 1.165) is 13.2 Å². The van der Waals surface area contributed by atoms with Crippen LogP contribution in [0, 0.1) is 5.41 Å². The van der Waals surface area contributed by atoms with E-state index in [2.05, 4.69) is 20.4 Å². The SMILES string of the molecule is C=C1COCC1(C)C. The van der Waals surface area contributed by atoms with Gasteiger partial charge in [-0.05, 0) is 5.57 Å². The Bertz CT molecular complexity index is 114. The van der Waals surface area contributed by atoms with Crippen LogP contribution in [0.1, 0.15) is 13.8 Å². The summed E-state index contributed by atoms with van der Waals surface area (Å²) in [6.07, 6.45) is 0. The average molecular weight is 112 g/mol. The molecule has 0 saturated carbocycles. The highest BCUT2D eigenvalue weighted by atomic mass is 16.5. The summed E-state index contributed by atoms with van der Waals surface area (Å²) < 4.78 is 5.17. The van der Waals surface area contributed by atoms with Gasteiger partial charge in [0, 0.05) is 5.41 Å². The predicted octanol–water partition coefficient (Wildman–Crippen LogP) is 1.60. The molecule has 1 heteroatoms. The molecule has 8 heavy (non-hydrogen) atoms. The Morgan fingerprint density at radius 3 is 2.38 bits per heavy atom. The van der Waals surface area contributed by atoms with Gasteiger partial charge in [0.25, 0.3) is 0 Å². The standard InChI is InChI=1S/C7H12O/c1-6-4-8-5-7(6,2)3/h1,4-5H2,2-3H3. The van der Waals surface area contributed by atoms with Crippen LogP contribution >= 0.6 is 0 Å². The van der Waals surface area contributed by atoms with Gasteiger partial charge < -0.3 is 4.74 Å². The van der Waals surface area contributed by atoms with E-state index < -0.39 is 0 Å². The maximum absolute atomic E-state index is 5.17. The van der Waals surface area contributed by atoms with Crippen molar-refractivity contribution in [2.24, 2.45) is 5.41 Å². The van der Waals surface area contributed by atoms with Crippen molar-refractivity contribution in [2.45, 2.75) is 13.8 Å². The maximum Gasteiger partial charge on any atom is 0.0680 e. The second-order valence-electron chi connectivity index (χ2n) is 2.98. The molecule has 0 atom stereocenters. The van der Waals surface area contributed by atoms with E-state index in [1.807, 2.05) is 0 Å². The third-order valence-electron chi connectivity index (χ3n) is 1.70. The molecule has 0 aromatic rings. The van der Waals surface area contributed by atoms with Gasteiger partial charge in [-0.3, -0.25) is 0 Å². The molecule has 1 aliphatic heterocycles. The average Bonchev–Trinajstić information content (AvgIpc) is 1.86. The highest BCUT2D eigenvalue weighted by Gasteiger charge is 2.27. The minimum atomic E-state index is 0.236. The van der Waals surface area contributed by atoms with Gasteiger partial charge in [0.05, 0.1) is 13.2 Å². The third-order valence-corrected chi connectivity index (χ3v) is 1.70. The minimum Gasteiger partial charge on any atom is -0.376 e. The Kier molecular flexibility index (Phi) is 1.16. The first-order valence-corrected chi connectivity index (χ1v) is 2.89. The van der Waals surface area contributed by atoms with Gasteiger partial charge in [-0.2, -0.15) is 0 Å². The smallest absolute Gasteiger partial charge is 0.0680 e. The van der Waals surface area contributed by atoms with Crippen LogP contribution in [0.3, 0.4) is 0 Å². The molecule has 1 heterocycles. The minimum absolute atomic E-state index is 0.236. The van der Waals surface area contributed by atoms with E-state index in [9.17, 15) is 0 Å². The van der Waals surface area contributed by atoms with Crippen LogP contribution in [-0.2, 0) is 4.74 Å². The van der Waals surface area contributed by atoms with Crippen LogP contribution < -0.4 is 0 Å². The zero-order chi connectivity index (χ0) is 6.20. The molecule has 46 valence electrons. The monoisotopic (exact) mass is 112 g/mol. The molecule has 0 aromatic carbocycles. The van der Waals surface area contributed by atoms with Gasteiger partial charge in [-0.1, -0.05) is 20.4 Å². The second kappa shape index (κ2) is 1.59. The Morgan fingerprint density at radius 1 is 1.62 bits per heavy atom. The Morgan fingerprint density at radius 2 is 2.25 bits per heavy atom. The normalized spacial score (nSPS) is 26.5. The highest BCUT2D eigenvalue weighted by molar-refractivity contribution is 5.10. The van der Waals surface area contributed by atoms with Gasteiger partial charge in [-0.15, -0.1) is 0 Å². The molecule has 1 nitrogen and oxygen atoms in total. The fourth-order valence-electron chi connectivity index (χ4n) is 0.727. The molecule has 0 bridgehead atoms. The van der Waals surface area contributed by atoms with Crippen LogP contribution in [0.2, 0.25) is 0 Å². The van der Waals surface area contributed by atoms with E-state index in [1.54, 1.807) is 0 Å². The summed E-state index contributed by atoms with van der Waals surface area (Å²) >= 11 is 0. The van der Waals surface area contributed by atoms with Crippen molar-refractivity contribution < 1.29 is 4.74 Å². The van der Waals surface area contributed by atoms with E-state index >= 15 is 0 Å².